The van der Waals surface area contributed by atoms with E-state index in [9.17, 15) is 5.11 Å². The van der Waals surface area contributed by atoms with Crippen LogP contribution in [-0.2, 0) is 4.74 Å². The van der Waals surface area contributed by atoms with Crippen molar-refractivity contribution in [3.8, 4) is 12.3 Å². The molecule has 0 spiro atoms. The van der Waals surface area contributed by atoms with Gasteiger partial charge in [-0.05, 0) is 6.92 Å². The molecule has 1 rings (SSSR count). The number of rotatable bonds is 3. The Morgan fingerprint density at radius 3 is 2.92 bits per heavy atom. The van der Waals surface area contributed by atoms with E-state index in [0.29, 0.717) is 25.6 Å². The maximum absolute atomic E-state index is 9.77. The van der Waals surface area contributed by atoms with Crippen molar-refractivity contribution in [1.29, 1.82) is 0 Å². The Hall–Kier alpha value is -0.560. The summed E-state index contributed by atoms with van der Waals surface area (Å²) in [5.74, 6) is 2.44. The van der Waals surface area contributed by atoms with Gasteiger partial charge in [0.05, 0.1) is 6.61 Å². The smallest absolute Gasteiger partial charge is 0.139 e. The lowest BCUT2D eigenvalue weighted by Crippen LogP contribution is -2.38. The van der Waals surface area contributed by atoms with E-state index < -0.39 is 5.60 Å². The average molecular weight is 183 g/mol. The second-order valence-electron chi connectivity index (χ2n) is 3.70. The molecule has 0 aromatic rings. The van der Waals surface area contributed by atoms with Crippen molar-refractivity contribution >= 4 is 0 Å². The summed E-state index contributed by atoms with van der Waals surface area (Å²) in [7, 11) is 1.68. The minimum absolute atomic E-state index is 0.326. The molecule has 0 aromatic heterocycles. The van der Waals surface area contributed by atoms with E-state index in [1.54, 1.807) is 7.11 Å². The standard InChI is InChI=1S/C10H17NO2/c1-4-10(12)5-6-11(8-10)9(2)7-13-3/h1,9,12H,5-8H2,2-3H3. The molecule has 1 aliphatic heterocycles. The van der Waals surface area contributed by atoms with Gasteiger partial charge in [0.25, 0.3) is 0 Å². The first-order valence-electron chi connectivity index (χ1n) is 4.54. The van der Waals surface area contributed by atoms with Gasteiger partial charge in [0.1, 0.15) is 5.60 Å². The van der Waals surface area contributed by atoms with Gasteiger partial charge in [0.15, 0.2) is 0 Å². The number of likely N-dealkylation sites (tertiary alicyclic amines) is 1. The van der Waals surface area contributed by atoms with Crippen LogP contribution in [0.2, 0.25) is 0 Å². The number of hydrogen-bond donors (Lipinski definition) is 1. The van der Waals surface area contributed by atoms with Gasteiger partial charge in [-0.15, -0.1) is 6.42 Å². The highest BCUT2D eigenvalue weighted by Gasteiger charge is 2.35. The highest BCUT2D eigenvalue weighted by atomic mass is 16.5. The van der Waals surface area contributed by atoms with E-state index >= 15 is 0 Å². The molecule has 13 heavy (non-hydrogen) atoms. The topological polar surface area (TPSA) is 32.7 Å². The summed E-state index contributed by atoms with van der Waals surface area (Å²) in [6.45, 7) is 4.17. The maximum atomic E-state index is 9.77. The number of nitrogens with zero attached hydrogens (tertiary/aromatic N) is 1. The van der Waals surface area contributed by atoms with Crippen molar-refractivity contribution < 1.29 is 9.84 Å². The monoisotopic (exact) mass is 183 g/mol. The Labute approximate surface area is 79.7 Å². The highest BCUT2D eigenvalue weighted by Crippen LogP contribution is 2.21. The van der Waals surface area contributed by atoms with Gasteiger partial charge in [0, 0.05) is 32.7 Å². The normalized spacial score (nSPS) is 31.5. The van der Waals surface area contributed by atoms with Crippen LogP contribution in [0.25, 0.3) is 0 Å². The van der Waals surface area contributed by atoms with Gasteiger partial charge < -0.3 is 9.84 Å². The van der Waals surface area contributed by atoms with Crippen molar-refractivity contribution in [1.82, 2.24) is 4.90 Å². The molecule has 3 heteroatoms. The first-order valence-corrected chi connectivity index (χ1v) is 4.54. The summed E-state index contributed by atoms with van der Waals surface area (Å²) in [5.41, 5.74) is -0.915. The summed E-state index contributed by atoms with van der Waals surface area (Å²) >= 11 is 0. The Morgan fingerprint density at radius 1 is 1.77 bits per heavy atom. The first kappa shape index (κ1) is 10.5. The van der Waals surface area contributed by atoms with Crippen LogP contribution in [0.1, 0.15) is 13.3 Å². The minimum Gasteiger partial charge on any atom is -0.383 e. The molecule has 2 atom stereocenters. The summed E-state index contributed by atoms with van der Waals surface area (Å²) in [6.07, 6.45) is 5.91. The van der Waals surface area contributed by atoms with Crippen molar-refractivity contribution in [2.24, 2.45) is 0 Å². The lowest BCUT2D eigenvalue weighted by Gasteiger charge is -2.24. The minimum atomic E-state index is -0.915. The largest absolute Gasteiger partial charge is 0.383 e. The zero-order valence-electron chi connectivity index (χ0n) is 8.29. The fourth-order valence-electron chi connectivity index (χ4n) is 1.66. The van der Waals surface area contributed by atoms with Crippen LogP contribution in [0.4, 0.5) is 0 Å². The van der Waals surface area contributed by atoms with E-state index in [2.05, 4.69) is 17.7 Å². The molecule has 0 aromatic carbocycles. The van der Waals surface area contributed by atoms with Crippen molar-refractivity contribution in [3.63, 3.8) is 0 Å². The number of methoxy groups -OCH3 is 1. The molecule has 1 heterocycles. The van der Waals surface area contributed by atoms with Crippen LogP contribution in [0.15, 0.2) is 0 Å². The Balaban J connectivity index is 2.46. The van der Waals surface area contributed by atoms with Gasteiger partial charge >= 0.3 is 0 Å². The van der Waals surface area contributed by atoms with Gasteiger partial charge in [0.2, 0.25) is 0 Å². The predicted octanol–water partition coefficient (Wildman–Crippen LogP) is 0.0913. The fraction of sp³-hybridized carbons (Fsp3) is 0.800. The van der Waals surface area contributed by atoms with Gasteiger partial charge in [-0.25, -0.2) is 0 Å². The number of β-amino-alcohol motifs (C(OH)–C–C–N with tert-alkyl or cyclic N) is 1. The van der Waals surface area contributed by atoms with Gasteiger partial charge in [-0.3, -0.25) is 4.90 Å². The molecule has 0 saturated carbocycles. The van der Waals surface area contributed by atoms with Crippen LogP contribution >= 0.6 is 0 Å². The maximum Gasteiger partial charge on any atom is 0.139 e. The highest BCUT2D eigenvalue weighted by molar-refractivity contribution is 5.12. The zero-order valence-corrected chi connectivity index (χ0v) is 8.29. The third kappa shape index (κ3) is 2.44. The molecule has 3 nitrogen and oxygen atoms in total. The van der Waals surface area contributed by atoms with E-state index in [0.717, 1.165) is 6.54 Å². The van der Waals surface area contributed by atoms with Crippen LogP contribution < -0.4 is 0 Å². The van der Waals surface area contributed by atoms with Crippen LogP contribution in [0, 0.1) is 12.3 Å². The predicted molar refractivity (Wildman–Crippen MR) is 51.3 cm³/mol. The quantitative estimate of drug-likeness (QED) is 0.629. The summed E-state index contributed by atoms with van der Waals surface area (Å²) in [5, 5.41) is 9.77. The number of hydrogen-bond acceptors (Lipinski definition) is 3. The second-order valence-corrected chi connectivity index (χ2v) is 3.70. The van der Waals surface area contributed by atoms with E-state index in [4.69, 9.17) is 11.2 Å². The summed E-state index contributed by atoms with van der Waals surface area (Å²) < 4.78 is 5.04. The fourth-order valence-corrected chi connectivity index (χ4v) is 1.66. The lowest BCUT2D eigenvalue weighted by atomic mass is 10.1. The SMILES string of the molecule is C#CC1(O)CCN(C(C)COC)C1. The third-order valence-electron chi connectivity index (χ3n) is 2.58. The van der Waals surface area contributed by atoms with E-state index in [1.807, 2.05) is 0 Å². The molecule has 0 radical (unpaired) electrons. The molecule has 1 fully saturated rings. The van der Waals surface area contributed by atoms with E-state index in [-0.39, 0.29) is 0 Å². The molecule has 74 valence electrons. The van der Waals surface area contributed by atoms with Crippen LogP contribution in [0.3, 0.4) is 0 Å². The molecule has 0 amide bonds. The first-order chi connectivity index (χ1) is 6.11. The Morgan fingerprint density at radius 2 is 2.46 bits per heavy atom. The Kier molecular flexibility index (Phi) is 3.32. The summed E-state index contributed by atoms with van der Waals surface area (Å²) in [6, 6.07) is 0.326. The molecule has 2 unspecified atom stereocenters. The van der Waals surface area contributed by atoms with Crippen LogP contribution in [-0.4, -0.2) is 48.5 Å². The molecule has 1 N–H and O–H groups in total. The van der Waals surface area contributed by atoms with Crippen LogP contribution in [0.5, 0.6) is 0 Å². The molecular weight excluding hydrogens is 166 g/mol. The molecule has 1 saturated heterocycles. The molecule has 0 bridgehead atoms. The lowest BCUT2D eigenvalue weighted by molar-refractivity contribution is 0.0778. The average Bonchev–Trinajstić information content (AvgIpc) is 2.50. The molecular formula is C10H17NO2. The molecule has 1 aliphatic rings. The van der Waals surface area contributed by atoms with Gasteiger partial charge in [-0.2, -0.15) is 0 Å². The van der Waals surface area contributed by atoms with Crippen molar-refractivity contribution in [2.45, 2.75) is 25.0 Å². The number of aliphatic hydroxyl groups is 1. The summed E-state index contributed by atoms with van der Waals surface area (Å²) in [4.78, 5) is 2.16. The second kappa shape index (κ2) is 4.10. The third-order valence-corrected chi connectivity index (χ3v) is 2.58. The van der Waals surface area contributed by atoms with E-state index in [1.165, 1.54) is 0 Å². The Bertz CT molecular complexity index is 211. The van der Waals surface area contributed by atoms with Gasteiger partial charge in [-0.1, -0.05) is 5.92 Å². The van der Waals surface area contributed by atoms with Crippen molar-refractivity contribution in [3.05, 3.63) is 0 Å². The number of terminal acetylenes is 1. The van der Waals surface area contributed by atoms with Crippen molar-refractivity contribution in [2.75, 3.05) is 26.8 Å². The number of ether oxygens (including phenoxy) is 1. The zero-order chi connectivity index (χ0) is 9.90. The molecule has 0 aliphatic carbocycles.